The summed E-state index contributed by atoms with van der Waals surface area (Å²) in [5.74, 6) is 1.28. The second kappa shape index (κ2) is 8.32. The first-order valence-corrected chi connectivity index (χ1v) is 10.8. The quantitative estimate of drug-likeness (QED) is 0.616. The average Bonchev–Trinajstić information content (AvgIpc) is 3.41. The van der Waals surface area contributed by atoms with Crippen LogP contribution in [0.3, 0.4) is 0 Å². The van der Waals surface area contributed by atoms with Crippen molar-refractivity contribution in [3.05, 3.63) is 59.8 Å². The number of carbonyl (C=O) groups excluding carboxylic acids is 1. The first-order chi connectivity index (χ1) is 15.1. The molecule has 1 saturated heterocycles. The molecule has 4 atom stereocenters. The number of para-hydroxylation sites is 1. The van der Waals surface area contributed by atoms with Gasteiger partial charge in [-0.3, -0.25) is 10.00 Å². The summed E-state index contributed by atoms with van der Waals surface area (Å²) in [5, 5.41) is 19.1. The summed E-state index contributed by atoms with van der Waals surface area (Å²) in [6.45, 7) is 2.87. The number of carbonyl (C=O) groups is 1. The van der Waals surface area contributed by atoms with Crippen LogP contribution in [0.25, 0.3) is 10.9 Å². The van der Waals surface area contributed by atoms with Crippen molar-refractivity contribution in [2.75, 3.05) is 20.2 Å². The van der Waals surface area contributed by atoms with Crippen molar-refractivity contribution in [2.45, 2.75) is 31.6 Å². The van der Waals surface area contributed by atoms with Crippen molar-refractivity contribution >= 4 is 16.9 Å². The lowest BCUT2D eigenvalue weighted by atomic mass is 9.78. The van der Waals surface area contributed by atoms with Crippen LogP contribution in [0.1, 0.15) is 28.8 Å². The number of methoxy groups -OCH3 is 1. The normalized spacial score (nSPS) is 26.0. The van der Waals surface area contributed by atoms with Crippen LogP contribution in [-0.2, 0) is 11.3 Å². The number of aliphatic hydroxyl groups excluding tert-OH is 1. The van der Waals surface area contributed by atoms with Crippen LogP contribution >= 0.6 is 0 Å². The van der Waals surface area contributed by atoms with Gasteiger partial charge in [0.15, 0.2) is 0 Å². The monoisotopic (exact) mass is 421 g/mol. The lowest BCUT2D eigenvalue weighted by Crippen LogP contribution is -2.42. The van der Waals surface area contributed by atoms with E-state index in [4.69, 9.17) is 9.47 Å². The van der Waals surface area contributed by atoms with Crippen LogP contribution in [0.4, 0.5) is 0 Å². The highest BCUT2D eigenvalue weighted by Crippen LogP contribution is 2.38. The Labute approximate surface area is 181 Å². The molecule has 0 radical (unpaired) electrons. The first kappa shape index (κ1) is 20.0. The van der Waals surface area contributed by atoms with Crippen LogP contribution in [-0.4, -0.2) is 58.6 Å². The summed E-state index contributed by atoms with van der Waals surface area (Å²) in [6.07, 6.45) is 2.72. The van der Waals surface area contributed by atoms with Gasteiger partial charge in [0.2, 0.25) is 0 Å². The molecule has 2 aromatic carbocycles. The molecule has 1 saturated carbocycles. The van der Waals surface area contributed by atoms with E-state index in [0.717, 1.165) is 43.4 Å². The topological polar surface area (TPSA) is 87.7 Å². The number of fused-ring (bicyclic) bond motifs is 2. The fourth-order valence-corrected chi connectivity index (χ4v) is 5.11. The molecule has 0 bridgehead atoms. The maximum atomic E-state index is 11.6. The number of likely N-dealkylation sites (tertiary alicyclic amines) is 1. The molecule has 7 nitrogen and oxygen atoms in total. The Morgan fingerprint density at radius 1 is 1.16 bits per heavy atom. The van der Waals surface area contributed by atoms with E-state index in [1.54, 1.807) is 24.3 Å². The lowest BCUT2D eigenvalue weighted by Gasteiger charge is -2.35. The number of H-pyrrole nitrogens is 1. The minimum absolute atomic E-state index is 0.235. The van der Waals surface area contributed by atoms with Gasteiger partial charge in [0.1, 0.15) is 11.9 Å². The summed E-state index contributed by atoms with van der Waals surface area (Å²) in [4.78, 5) is 14.1. The molecule has 162 valence electrons. The summed E-state index contributed by atoms with van der Waals surface area (Å²) in [5.41, 5.74) is 2.85. The van der Waals surface area contributed by atoms with E-state index in [0.29, 0.717) is 23.1 Å². The summed E-state index contributed by atoms with van der Waals surface area (Å²) in [6, 6.07) is 13.2. The molecule has 2 aliphatic rings. The number of hydrogen-bond donors (Lipinski definition) is 2. The fraction of sp³-hybridized carbons (Fsp3) is 0.417. The number of hydrogen-bond acceptors (Lipinski definition) is 6. The predicted octanol–water partition coefficient (Wildman–Crippen LogP) is 3.00. The van der Waals surface area contributed by atoms with Crippen LogP contribution in [0.5, 0.6) is 5.75 Å². The summed E-state index contributed by atoms with van der Waals surface area (Å²) in [7, 11) is 1.36. The van der Waals surface area contributed by atoms with Crippen LogP contribution in [0, 0.1) is 11.8 Å². The van der Waals surface area contributed by atoms with Crippen molar-refractivity contribution in [3.63, 3.8) is 0 Å². The smallest absolute Gasteiger partial charge is 0.337 e. The highest BCUT2D eigenvalue weighted by molar-refractivity contribution is 5.89. The number of benzene rings is 2. The molecule has 3 aromatic rings. The van der Waals surface area contributed by atoms with Crippen LogP contribution in [0.2, 0.25) is 0 Å². The number of rotatable bonds is 5. The number of aromatic nitrogens is 2. The molecule has 31 heavy (non-hydrogen) atoms. The SMILES string of the molecule is COC(=O)c1ccc(O[C@H]2C[C@@H]3CN(Cc4cccc5cn[nH]c45)C[C@@H]3C[C@@H]2O)cc1. The molecule has 5 rings (SSSR count). The van der Waals surface area contributed by atoms with E-state index >= 15 is 0 Å². The molecule has 1 aromatic heterocycles. The minimum atomic E-state index is -0.488. The predicted molar refractivity (Wildman–Crippen MR) is 116 cm³/mol. The van der Waals surface area contributed by atoms with Gasteiger partial charge in [0.25, 0.3) is 0 Å². The van der Waals surface area contributed by atoms with E-state index in [1.165, 1.54) is 12.7 Å². The van der Waals surface area contributed by atoms with E-state index in [2.05, 4.69) is 33.3 Å². The van der Waals surface area contributed by atoms with Crippen molar-refractivity contribution < 1.29 is 19.4 Å². The van der Waals surface area contributed by atoms with Gasteiger partial charge in [0, 0.05) is 25.0 Å². The van der Waals surface area contributed by atoms with Crippen molar-refractivity contribution in [1.29, 1.82) is 0 Å². The Hall–Kier alpha value is -2.90. The van der Waals surface area contributed by atoms with E-state index in [-0.39, 0.29) is 12.1 Å². The number of nitrogens with zero attached hydrogens (tertiary/aromatic N) is 2. The van der Waals surface area contributed by atoms with Gasteiger partial charge in [-0.1, -0.05) is 18.2 Å². The largest absolute Gasteiger partial charge is 0.488 e. The van der Waals surface area contributed by atoms with E-state index < -0.39 is 6.10 Å². The van der Waals surface area contributed by atoms with E-state index in [1.807, 2.05) is 6.20 Å². The maximum Gasteiger partial charge on any atom is 0.337 e. The molecule has 0 spiro atoms. The van der Waals surface area contributed by atoms with Crippen LogP contribution in [0.15, 0.2) is 48.7 Å². The molecule has 1 aliphatic heterocycles. The van der Waals surface area contributed by atoms with Gasteiger partial charge in [-0.15, -0.1) is 0 Å². The Morgan fingerprint density at radius 2 is 1.94 bits per heavy atom. The van der Waals surface area contributed by atoms with E-state index in [9.17, 15) is 9.90 Å². The summed E-state index contributed by atoms with van der Waals surface area (Å²) < 4.78 is 10.8. The number of esters is 1. The molecular formula is C24H27N3O4. The zero-order valence-electron chi connectivity index (χ0n) is 17.5. The highest BCUT2D eigenvalue weighted by Gasteiger charge is 2.42. The Bertz CT molecular complexity index is 1060. The van der Waals surface area contributed by atoms with Gasteiger partial charge < -0.3 is 14.6 Å². The number of nitrogens with one attached hydrogen (secondary N) is 1. The van der Waals surface area contributed by atoms with Gasteiger partial charge in [-0.25, -0.2) is 4.79 Å². The highest BCUT2D eigenvalue weighted by atomic mass is 16.5. The molecule has 7 heteroatoms. The molecule has 2 N–H and O–H groups in total. The Morgan fingerprint density at radius 3 is 2.71 bits per heavy atom. The van der Waals surface area contributed by atoms with Crippen molar-refractivity contribution in [3.8, 4) is 5.75 Å². The van der Waals surface area contributed by atoms with Gasteiger partial charge >= 0.3 is 5.97 Å². The Balaban J connectivity index is 1.22. The standard InChI is InChI=1S/C24H27N3O4/c1-30-24(29)15-5-7-20(8-6-15)31-22-10-19-14-27(13-18(19)9-21(22)28)12-17-4-2-3-16-11-25-26-23(16)17/h2-8,11,18-19,21-22,28H,9-10,12-14H2,1H3,(H,25,26)/t18-,19+,21-,22-/m0/s1. The summed E-state index contributed by atoms with van der Waals surface area (Å²) >= 11 is 0. The second-order valence-corrected chi connectivity index (χ2v) is 8.68. The average molecular weight is 421 g/mol. The van der Waals surface area contributed by atoms with Gasteiger partial charge in [-0.05, 0) is 54.5 Å². The van der Waals surface area contributed by atoms with Crippen molar-refractivity contribution in [2.24, 2.45) is 11.8 Å². The lowest BCUT2D eigenvalue weighted by molar-refractivity contribution is -0.0231. The fourth-order valence-electron chi connectivity index (χ4n) is 5.11. The molecular weight excluding hydrogens is 394 g/mol. The molecule has 2 fully saturated rings. The number of aromatic amines is 1. The molecule has 2 heterocycles. The minimum Gasteiger partial charge on any atom is -0.488 e. The number of aliphatic hydroxyl groups is 1. The maximum absolute atomic E-state index is 11.6. The van der Waals surface area contributed by atoms with Gasteiger partial charge in [0.05, 0.1) is 30.5 Å². The third-order valence-electron chi connectivity index (χ3n) is 6.68. The zero-order valence-corrected chi connectivity index (χ0v) is 17.5. The first-order valence-electron chi connectivity index (χ1n) is 10.8. The van der Waals surface area contributed by atoms with Gasteiger partial charge in [-0.2, -0.15) is 5.10 Å². The zero-order chi connectivity index (χ0) is 21.4. The van der Waals surface area contributed by atoms with Crippen molar-refractivity contribution in [1.82, 2.24) is 15.1 Å². The Kier molecular flexibility index (Phi) is 5.38. The molecule has 1 aliphatic carbocycles. The third-order valence-corrected chi connectivity index (χ3v) is 6.68. The third kappa shape index (κ3) is 4.03. The molecule has 0 unspecified atom stereocenters. The number of ether oxygens (including phenoxy) is 2. The second-order valence-electron chi connectivity index (χ2n) is 8.68. The molecule has 0 amide bonds. The van der Waals surface area contributed by atoms with Crippen LogP contribution < -0.4 is 4.74 Å².